The van der Waals surface area contributed by atoms with Gasteiger partial charge in [0.25, 0.3) is 5.69 Å². The van der Waals surface area contributed by atoms with Crippen LogP contribution >= 0.6 is 0 Å². The number of nitrogens with zero attached hydrogens (tertiary/aromatic N) is 4. The number of nitro benzene ring substituents is 1. The number of rotatable bonds is 5. The van der Waals surface area contributed by atoms with Crippen molar-refractivity contribution < 1.29 is 18.1 Å². The van der Waals surface area contributed by atoms with Crippen molar-refractivity contribution in [2.24, 2.45) is 0 Å². The summed E-state index contributed by atoms with van der Waals surface area (Å²) in [6, 6.07) is 19.0. The van der Waals surface area contributed by atoms with Gasteiger partial charge in [-0.05, 0) is 35.0 Å². The lowest BCUT2D eigenvalue weighted by Gasteiger charge is -2.34. The van der Waals surface area contributed by atoms with Crippen molar-refractivity contribution in [1.29, 1.82) is 0 Å². The van der Waals surface area contributed by atoms with Gasteiger partial charge in [-0.3, -0.25) is 14.9 Å². The number of hydrogen-bond acceptors (Lipinski definition) is 5. The Morgan fingerprint density at radius 2 is 1.62 bits per heavy atom. The first-order valence-corrected chi connectivity index (χ1v) is 12.3. The maximum atomic E-state index is 13.2. The minimum absolute atomic E-state index is 0.000298. The summed E-state index contributed by atoms with van der Waals surface area (Å²) in [6.07, 6.45) is 1.73. The van der Waals surface area contributed by atoms with E-state index in [1.807, 2.05) is 24.3 Å². The molecule has 34 heavy (non-hydrogen) atoms. The number of nitro groups is 1. The summed E-state index contributed by atoms with van der Waals surface area (Å²) in [5.41, 5.74) is 0.733. The Morgan fingerprint density at radius 3 is 2.35 bits per heavy atom. The van der Waals surface area contributed by atoms with Gasteiger partial charge in [-0.15, -0.1) is 0 Å². The van der Waals surface area contributed by atoms with E-state index in [1.54, 1.807) is 46.0 Å². The Bertz CT molecular complexity index is 1520. The molecule has 4 aromatic rings. The molecule has 1 aromatic heterocycles. The molecule has 2 heterocycles. The van der Waals surface area contributed by atoms with Crippen LogP contribution < -0.4 is 0 Å². The van der Waals surface area contributed by atoms with E-state index in [9.17, 15) is 23.3 Å². The van der Waals surface area contributed by atoms with Gasteiger partial charge in [0.1, 0.15) is 6.54 Å². The van der Waals surface area contributed by atoms with Crippen molar-refractivity contribution in [3.63, 3.8) is 0 Å². The van der Waals surface area contributed by atoms with Gasteiger partial charge < -0.3 is 9.47 Å². The summed E-state index contributed by atoms with van der Waals surface area (Å²) >= 11 is 0. The van der Waals surface area contributed by atoms with Gasteiger partial charge in [0, 0.05) is 55.4 Å². The third-order valence-corrected chi connectivity index (χ3v) is 8.12. The molecule has 0 atom stereocenters. The zero-order chi connectivity index (χ0) is 23.9. The number of amides is 1. The van der Waals surface area contributed by atoms with E-state index in [2.05, 4.69) is 0 Å². The number of sulfonamides is 1. The fraction of sp³-hybridized carbons (Fsp3) is 0.208. The molecule has 0 radical (unpaired) electrons. The quantitative estimate of drug-likeness (QED) is 0.323. The van der Waals surface area contributed by atoms with Crippen LogP contribution in [-0.4, -0.2) is 59.2 Å². The van der Waals surface area contributed by atoms with Crippen LogP contribution in [0.2, 0.25) is 0 Å². The van der Waals surface area contributed by atoms with Crippen molar-refractivity contribution in [3.05, 3.63) is 83.0 Å². The van der Waals surface area contributed by atoms with Crippen LogP contribution in [0.5, 0.6) is 0 Å². The van der Waals surface area contributed by atoms with Crippen LogP contribution in [0.3, 0.4) is 0 Å². The van der Waals surface area contributed by atoms with Crippen molar-refractivity contribution in [2.45, 2.75) is 11.4 Å². The zero-order valence-corrected chi connectivity index (χ0v) is 19.0. The van der Waals surface area contributed by atoms with Crippen LogP contribution in [0.25, 0.3) is 21.7 Å². The third-order valence-electron chi connectivity index (χ3n) is 6.22. The number of fused-ring (bicyclic) bond motifs is 2. The first-order valence-electron chi connectivity index (χ1n) is 10.8. The minimum Gasteiger partial charge on any atom is -0.339 e. The molecule has 1 aliphatic rings. The van der Waals surface area contributed by atoms with E-state index in [0.29, 0.717) is 18.5 Å². The number of piperazine rings is 1. The van der Waals surface area contributed by atoms with Gasteiger partial charge in [0.05, 0.1) is 9.82 Å². The molecule has 0 N–H and O–H groups in total. The lowest BCUT2D eigenvalue weighted by molar-refractivity contribution is -0.384. The summed E-state index contributed by atoms with van der Waals surface area (Å²) in [7, 11) is -3.66. The maximum absolute atomic E-state index is 13.2. The largest absolute Gasteiger partial charge is 0.339 e. The molecule has 1 aliphatic heterocycles. The summed E-state index contributed by atoms with van der Waals surface area (Å²) in [6.45, 7) is 1.13. The summed E-state index contributed by atoms with van der Waals surface area (Å²) in [5.74, 6) is -0.126. The van der Waals surface area contributed by atoms with E-state index >= 15 is 0 Å². The standard InChI is InChI=1S/C24H22N4O5S/c29-24(17-26-10-9-20-15-21(28(30)31)6-8-23(20)26)25-11-13-27(14-12-25)34(32,33)22-7-5-18-3-1-2-4-19(18)16-22/h1-10,15-16H,11-14,17H2. The van der Waals surface area contributed by atoms with Crippen molar-refractivity contribution in [1.82, 2.24) is 13.8 Å². The fourth-order valence-corrected chi connectivity index (χ4v) is 5.80. The smallest absolute Gasteiger partial charge is 0.270 e. The van der Waals surface area contributed by atoms with Crippen molar-refractivity contribution >= 4 is 43.3 Å². The van der Waals surface area contributed by atoms with Crippen LogP contribution in [0.4, 0.5) is 5.69 Å². The molecule has 0 spiro atoms. The molecule has 0 saturated carbocycles. The number of non-ortho nitro benzene ring substituents is 1. The summed E-state index contributed by atoms with van der Waals surface area (Å²) in [4.78, 5) is 25.3. The predicted octanol–water partition coefficient (Wildman–Crippen LogP) is 3.24. The molecule has 0 unspecified atom stereocenters. The third kappa shape index (κ3) is 4.02. The Balaban J connectivity index is 1.26. The SMILES string of the molecule is O=C(Cn1ccc2cc([N+](=O)[O-])ccc21)N1CCN(S(=O)(=O)c2ccc3ccccc3c2)CC1. The Kier molecular flexibility index (Phi) is 5.54. The van der Waals surface area contributed by atoms with Gasteiger partial charge >= 0.3 is 0 Å². The predicted molar refractivity (Wildman–Crippen MR) is 128 cm³/mol. The van der Waals surface area contributed by atoms with Gasteiger partial charge in [-0.25, -0.2) is 8.42 Å². The van der Waals surface area contributed by atoms with Gasteiger partial charge in [0.2, 0.25) is 15.9 Å². The normalized spacial score (nSPS) is 15.1. The second kappa shape index (κ2) is 8.54. The molecule has 10 heteroatoms. The Hall–Kier alpha value is -3.76. The van der Waals surface area contributed by atoms with Crippen LogP contribution in [0.1, 0.15) is 0 Å². The Morgan fingerprint density at radius 1 is 0.882 bits per heavy atom. The monoisotopic (exact) mass is 478 g/mol. The van der Waals surface area contributed by atoms with Gasteiger partial charge in [-0.2, -0.15) is 4.31 Å². The second-order valence-electron chi connectivity index (χ2n) is 8.24. The van der Waals surface area contributed by atoms with E-state index < -0.39 is 14.9 Å². The first-order chi connectivity index (χ1) is 16.3. The van der Waals surface area contributed by atoms with E-state index in [1.165, 1.54) is 16.4 Å². The van der Waals surface area contributed by atoms with Crippen LogP contribution in [-0.2, 0) is 21.4 Å². The van der Waals surface area contributed by atoms with E-state index in [-0.39, 0.29) is 36.1 Å². The molecule has 5 rings (SSSR count). The number of benzene rings is 3. The number of hydrogen-bond donors (Lipinski definition) is 0. The second-order valence-corrected chi connectivity index (χ2v) is 10.2. The highest BCUT2D eigenvalue weighted by atomic mass is 32.2. The minimum atomic E-state index is -3.66. The van der Waals surface area contributed by atoms with Crippen molar-refractivity contribution in [3.8, 4) is 0 Å². The lowest BCUT2D eigenvalue weighted by atomic mass is 10.1. The first kappa shape index (κ1) is 22.1. The highest BCUT2D eigenvalue weighted by Gasteiger charge is 2.30. The molecule has 0 aliphatic carbocycles. The molecule has 0 bridgehead atoms. The average Bonchev–Trinajstić information content (AvgIpc) is 3.25. The summed E-state index contributed by atoms with van der Waals surface area (Å²) < 4.78 is 29.5. The average molecular weight is 479 g/mol. The Labute approximate surface area is 196 Å². The van der Waals surface area contributed by atoms with Crippen LogP contribution in [0, 0.1) is 10.1 Å². The number of carbonyl (C=O) groups is 1. The molecular weight excluding hydrogens is 456 g/mol. The van der Waals surface area contributed by atoms with Gasteiger partial charge in [-0.1, -0.05) is 30.3 Å². The van der Waals surface area contributed by atoms with Gasteiger partial charge in [0.15, 0.2) is 0 Å². The number of carbonyl (C=O) groups excluding carboxylic acids is 1. The molecule has 174 valence electrons. The van der Waals surface area contributed by atoms with E-state index in [0.717, 1.165) is 16.3 Å². The molecule has 3 aromatic carbocycles. The highest BCUT2D eigenvalue weighted by molar-refractivity contribution is 7.89. The molecular formula is C24H22N4O5S. The molecule has 1 amide bonds. The summed E-state index contributed by atoms with van der Waals surface area (Å²) in [5, 5.41) is 13.5. The zero-order valence-electron chi connectivity index (χ0n) is 18.2. The highest BCUT2D eigenvalue weighted by Crippen LogP contribution is 2.24. The number of aromatic nitrogens is 1. The van der Waals surface area contributed by atoms with E-state index in [4.69, 9.17) is 0 Å². The molecule has 9 nitrogen and oxygen atoms in total. The molecule has 1 fully saturated rings. The molecule has 1 saturated heterocycles. The topological polar surface area (TPSA) is 106 Å². The van der Waals surface area contributed by atoms with Crippen molar-refractivity contribution in [2.75, 3.05) is 26.2 Å². The fourth-order valence-electron chi connectivity index (χ4n) is 4.34. The maximum Gasteiger partial charge on any atom is 0.270 e. The van der Waals surface area contributed by atoms with Crippen LogP contribution in [0.15, 0.2) is 77.8 Å². The lowest BCUT2D eigenvalue weighted by Crippen LogP contribution is -2.51.